The number of quaternary nitrogens is 2. The smallest absolute Gasteiger partial charge is 0.116 e. The van der Waals surface area contributed by atoms with Crippen molar-refractivity contribution in [2.24, 2.45) is 5.92 Å². The van der Waals surface area contributed by atoms with Gasteiger partial charge in [0.1, 0.15) is 19.6 Å². The third-order valence-corrected chi connectivity index (χ3v) is 5.23. The summed E-state index contributed by atoms with van der Waals surface area (Å²) in [5.41, 5.74) is 1.48. The van der Waals surface area contributed by atoms with Crippen LogP contribution in [-0.2, 0) is 17.8 Å². The van der Waals surface area contributed by atoms with Crippen molar-refractivity contribution in [2.75, 3.05) is 39.4 Å². The van der Waals surface area contributed by atoms with Gasteiger partial charge in [0.05, 0.1) is 38.5 Å². The van der Waals surface area contributed by atoms with Gasteiger partial charge in [0.2, 0.25) is 0 Å². The van der Waals surface area contributed by atoms with E-state index in [2.05, 4.69) is 42.1 Å². The van der Waals surface area contributed by atoms with Gasteiger partial charge in [-0.1, -0.05) is 26.7 Å². The van der Waals surface area contributed by atoms with E-state index < -0.39 is 0 Å². The fraction of sp³-hybridized carbons (Fsp3) is 0.789. The van der Waals surface area contributed by atoms with Crippen LogP contribution in [0.2, 0.25) is 0 Å². The lowest BCUT2D eigenvalue weighted by molar-refractivity contribution is -0.908. The summed E-state index contributed by atoms with van der Waals surface area (Å²) < 4.78 is 7.89. The zero-order valence-corrected chi connectivity index (χ0v) is 15.2. The van der Waals surface area contributed by atoms with Crippen LogP contribution < -0.4 is 10.2 Å². The number of nitrogens with zero attached hydrogens (tertiary/aromatic N) is 1. The fourth-order valence-corrected chi connectivity index (χ4v) is 3.49. The van der Waals surface area contributed by atoms with Gasteiger partial charge in [0.25, 0.3) is 0 Å². The van der Waals surface area contributed by atoms with Gasteiger partial charge in [-0.25, -0.2) is 0 Å². The quantitative estimate of drug-likeness (QED) is 0.617. The summed E-state index contributed by atoms with van der Waals surface area (Å²) in [7, 11) is 0. The Hall–Kier alpha value is -0.840. The number of aromatic nitrogens is 1. The maximum atomic E-state index is 5.44. The fourth-order valence-electron chi connectivity index (χ4n) is 3.49. The normalized spacial score (nSPS) is 17.5. The molecule has 4 nitrogen and oxygen atoms in total. The second-order valence-electron chi connectivity index (χ2n) is 6.95. The Labute approximate surface area is 142 Å². The van der Waals surface area contributed by atoms with Crippen molar-refractivity contribution in [3.63, 3.8) is 0 Å². The molecule has 0 radical (unpaired) electrons. The van der Waals surface area contributed by atoms with Gasteiger partial charge in [0, 0.05) is 12.1 Å². The van der Waals surface area contributed by atoms with Gasteiger partial charge in [-0.15, -0.1) is 0 Å². The maximum absolute atomic E-state index is 5.44. The molecular formula is C19H37N3O+2. The molecule has 0 saturated carbocycles. The predicted molar refractivity (Wildman–Crippen MR) is 94.6 cm³/mol. The average molecular weight is 324 g/mol. The Bertz CT molecular complexity index is 413. The van der Waals surface area contributed by atoms with Crippen molar-refractivity contribution in [1.29, 1.82) is 0 Å². The van der Waals surface area contributed by atoms with Crippen LogP contribution in [0.15, 0.2) is 18.3 Å². The number of nitrogens with two attached hydrogens (primary N) is 1. The van der Waals surface area contributed by atoms with Crippen LogP contribution in [0.1, 0.15) is 45.2 Å². The highest BCUT2D eigenvalue weighted by Crippen LogP contribution is 2.09. The first-order valence-electron chi connectivity index (χ1n) is 9.70. The van der Waals surface area contributed by atoms with Crippen LogP contribution in [0, 0.1) is 5.92 Å². The lowest BCUT2D eigenvalue weighted by Gasteiger charge is -2.24. The molecule has 2 heterocycles. The molecule has 0 amide bonds. The van der Waals surface area contributed by atoms with Crippen LogP contribution in [0.3, 0.4) is 0 Å². The molecule has 1 saturated heterocycles. The molecule has 4 heteroatoms. The summed E-state index contributed by atoms with van der Waals surface area (Å²) in [6.07, 6.45) is 7.66. The van der Waals surface area contributed by atoms with Gasteiger partial charge < -0.3 is 19.5 Å². The molecule has 1 aromatic rings. The number of rotatable bonds is 11. The van der Waals surface area contributed by atoms with Crippen molar-refractivity contribution in [3.05, 3.63) is 24.0 Å². The molecule has 1 aliphatic heterocycles. The minimum Gasteiger partial charge on any atom is -0.370 e. The second kappa shape index (κ2) is 10.8. The van der Waals surface area contributed by atoms with Gasteiger partial charge in [0.15, 0.2) is 0 Å². The van der Waals surface area contributed by atoms with Crippen molar-refractivity contribution in [2.45, 2.75) is 52.6 Å². The third-order valence-electron chi connectivity index (χ3n) is 5.23. The van der Waals surface area contributed by atoms with E-state index in [0.717, 1.165) is 32.2 Å². The number of nitrogens with one attached hydrogen (secondary N) is 1. The van der Waals surface area contributed by atoms with E-state index in [0.29, 0.717) is 0 Å². The van der Waals surface area contributed by atoms with Crippen LogP contribution in [0.25, 0.3) is 0 Å². The van der Waals surface area contributed by atoms with E-state index in [-0.39, 0.29) is 0 Å². The molecule has 3 N–H and O–H groups in total. The maximum Gasteiger partial charge on any atom is 0.116 e. The molecule has 1 aliphatic rings. The van der Waals surface area contributed by atoms with Gasteiger partial charge in [-0.3, -0.25) is 0 Å². The number of hydrogen-bond acceptors (Lipinski definition) is 1. The first-order valence-corrected chi connectivity index (χ1v) is 9.70. The number of unbranched alkanes of at least 4 members (excludes halogenated alkanes) is 1. The largest absolute Gasteiger partial charge is 0.370 e. The van der Waals surface area contributed by atoms with Crippen LogP contribution in [0.5, 0.6) is 0 Å². The Morgan fingerprint density at radius 2 is 2.13 bits per heavy atom. The summed E-state index contributed by atoms with van der Waals surface area (Å²) in [4.78, 5) is 1.69. The van der Waals surface area contributed by atoms with E-state index in [9.17, 15) is 0 Å². The summed E-state index contributed by atoms with van der Waals surface area (Å²) >= 11 is 0. The summed E-state index contributed by atoms with van der Waals surface area (Å²) in [5, 5.41) is 2.51. The highest BCUT2D eigenvalue weighted by atomic mass is 16.5. The second-order valence-corrected chi connectivity index (χ2v) is 6.95. The first kappa shape index (κ1) is 18.5. The molecule has 1 fully saturated rings. The van der Waals surface area contributed by atoms with Crippen LogP contribution >= 0.6 is 0 Å². The lowest BCUT2D eigenvalue weighted by Crippen LogP contribution is -3.14. The molecule has 1 atom stereocenters. The highest BCUT2D eigenvalue weighted by Gasteiger charge is 2.14. The number of hydrogen-bond donors (Lipinski definition) is 2. The van der Waals surface area contributed by atoms with Crippen molar-refractivity contribution in [3.8, 4) is 0 Å². The molecule has 23 heavy (non-hydrogen) atoms. The lowest BCUT2D eigenvalue weighted by atomic mass is 9.99. The standard InChI is InChI=1S/C19H35N3O/c1-3-5-7-18(4-2)16-20-17-19-8-6-9-22(19)11-10-21-12-14-23-15-13-21/h6,8-9,18,20H,3-5,7,10-17H2,1-2H3/p+2/t18-/m0/s1. The monoisotopic (exact) mass is 323 g/mol. The molecule has 2 rings (SSSR count). The van der Waals surface area contributed by atoms with Crippen molar-refractivity contribution >= 4 is 0 Å². The highest BCUT2D eigenvalue weighted by molar-refractivity contribution is 5.05. The van der Waals surface area contributed by atoms with Crippen LogP contribution in [0.4, 0.5) is 0 Å². The third kappa shape index (κ3) is 6.66. The Balaban J connectivity index is 1.70. The van der Waals surface area contributed by atoms with Gasteiger partial charge in [-0.05, 0) is 25.0 Å². The molecule has 0 aliphatic carbocycles. The van der Waals surface area contributed by atoms with Crippen molar-refractivity contribution < 1.29 is 15.0 Å². The molecule has 0 spiro atoms. The number of ether oxygens (including phenoxy) is 1. The number of morpholine rings is 1. The van der Waals surface area contributed by atoms with E-state index >= 15 is 0 Å². The zero-order chi connectivity index (χ0) is 16.3. The molecule has 132 valence electrons. The molecular weight excluding hydrogens is 286 g/mol. The van der Waals surface area contributed by atoms with Gasteiger partial charge in [-0.2, -0.15) is 0 Å². The zero-order valence-electron chi connectivity index (χ0n) is 15.2. The topological polar surface area (TPSA) is 35.2 Å². The summed E-state index contributed by atoms with van der Waals surface area (Å²) in [6.45, 7) is 13.6. The molecule has 1 aromatic heterocycles. The van der Waals surface area contributed by atoms with Crippen molar-refractivity contribution in [1.82, 2.24) is 4.57 Å². The minimum absolute atomic E-state index is 0.885. The first-order chi connectivity index (χ1) is 11.3. The average Bonchev–Trinajstić information content (AvgIpc) is 3.04. The van der Waals surface area contributed by atoms with Crippen LogP contribution in [-0.4, -0.2) is 44.0 Å². The summed E-state index contributed by atoms with van der Waals surface area (Å²) in [5.74, 6) is 0.885. The van der Waals surface area contributed by atoms with Gasteiger partial charge >= 0.3 is 0 Å². The Kier molecular flexibility index (Phi) is 8.72. The van der Waals surface area contributed by atoms with E-state index in [4.69, 9.17) is 4.74 Å². The molecule has 0 unspecified atom stereocenters. The summed E-state index contributed by atoms with van der Waals surface area (Å²) in [6, 6.07) is 4.49. The SMILES string of the molecule is CCCC[C@H](CC)C[NH2+]Cc1cccn1CC[NH+]1CCOCC1. The molecule has 0 aromatic carbocycles. The predicted octanol–water partition coefficient (Wildman–Crippen LogP) is 0.683. The van der Waals surface area contributed by atoms with E-state index in [1.165, 1.54) is 57.6 Å². The Morgan fingerprint density at radius 3 is 2.87 bits per heavy atom. The minimum atomic E-state index is 0.885. The Morgan fingerprint density at radius 1 is 1.30 bits per heavy atom. The van der Waals surface area contributed by atoms with E-state index in [1.54, 1.807) is 4.90 Å². The van der Waals surface area contributed by atoms with E-state index in [1.807, 2.05) is 0 Å². The molecule has 0 bridgehead atoms.